The number of furan rings is 1. The first kappa shape index (κ1) is 24.9. The molecule has 4 heterocycles. The minimum Gasteiger partial charge on any atom is -0.487 e. The standard InChI is InChI=1S/C28H28ClN3O5/c1-28(2,3)37-27(34)31-11-9-23-22-7-6-20(14-25(22)36-24(23)10-12-31)32-13-8-21(15-26(32)33)35-17-19-5-4-18(29)16-30-19/h4-8,13-16H,9-12,17H2,1-3H3. The number of ether oxygens (including phenoxy) is 2. The number of aromatic nitrogens is 2. The summed E-state index contributed by atoms with van der Waals surface area (Å²) in [6.45, 7) is 6.91. The zero-order valence-corrected chi connectivity index (χ0v) is 21.7. The van der Waals surface area contributed by atoms with E-state index in [4.69, 9.17) is 25.5 Å². The van der Waals surface area contributed by atoms with Crippen molar-refractivity contribution in [2.75, 3.05) is 13.1 Å². The smallest absolute Gasteiger partial charge is 0.410 e. The van der Waals surface area contributed by atoms with Crippen molar-refractivity contribution in [3.05, 3.63) is 87.3 Å². The van der Waals surface area contributed by atoms with Crippen molar-refractivity contribution in [3.8, 4) is 11.4 Å². The maximum absolute atomic E-state index is 12.8. The third kappa shape index (κ3) is 5.64. The van der Waals surface area contributed by atoms with Gasteiger partial charge in [0.1, 0.15) is 29.3 Å². The van der Waals surface area contributed by atoms with Crippen molar-refractivity contribution in [2.45, 2.75) is 45.8 Å². The van der Waals surface area contributed by atoms with E-state index >= 15 is 0 Å². The summed E-state index contributed by atoms with van der Waals surface area (Å²) < 4.78 is 19.0. The van der Waals surface area contributed by atoms with E-state index in [1.807, 2.05) is 39.0 Å². The highest BCUT2D eigenvalue weighted by atomic mass is 35.5. The summed E-state index contributed by atoms with van der Waals surface area (Å²) in [7, 11) is 0. The van der Waals surface area contributed by atoms with Gasteiger partial charge in [0, 0.05) is 55.0 Å². The average molecular weight is 522 g/mol. The van der Waals surface area contributed by atoms with Crippen molar-refractivity contribution in [1.82, 2.24) is 14.5 Å². The van der Waals surface area contributed by atoms with Gasteiger partial charge in [-0.15, -0.1) is 0 Å². The van der Waals surface area contributed by atoms with Crippen molar-refractivity contribution in [3.63, 3.8) is 0 Å². The lowest BCUT2D eigenvalue weighted by atomic mass is 10.1. The molecule has 5 rings (SSSR count). The topological polar surface area (TPSA) is 86.8 Å². The third-order valence-corrected chi connectivity index (χ3v) is 6.32. The van der Waals surface area contributed by atoms with E-state index in [0.29, 0.717) is 53.7 Å². The van der Waals surface area contributed by atoms with Gasteiger partial charge in [-0.3, -0.25) is 14.3 Å². The van der Waals surface area contributed by atoms with Crippen LogP contribution in [0.1, 0.15) is 37.8 Å². The monoisotopic (exact) mass is 521 g/mol. The Morgan fingerprint density at radius 3 is 2.65 bits per heavy atom. The fourth-order valence-corrected chi connectivity index (χ4v) is 4.44. The van der Waals surface area contributed by atoms with Crippen molar-refractivity contribution < 1.29 is 18.7 Å². The van der Waals surface area contributed by atoms with Crippen LogP contribution in [-0.4, -0.2) is 39.2 Å². The molecule has 0 saturated carbocycles. The van der Waals surface area contributed by atoms with Crippen LogP contribution in [0.5, 0.6) is 5.75 Å². The minimum absolute atomic E-state index is 0.220. The number of hydrogen-bond donors (Lipinski definition) is 0. The molecule has 1 aliphatic heterocycles. The van der Waals surface area contributed by atoms with Gasteiger partial charge in [0.05, 0.1) is 16.4 Å². The van der Waals surface area contributed by atoms with Gasteiger partial charge in [-0.2, -0.15) is 0 Å². The van der Waals surface area contributed by atoms with Gasteiger partial charge >= 0.3 is 6.09 Å². The number of halogens is 1. The molecule has 0 bridgehead atoms. The first-order valence-electron chi connectivity index (χ1n) is 12.1. The second-order valence-electron chi connectivity index (χ2n) is 9.98. The molecule has 0 fully saturated rings. The highest BCUT2D eigenvalue weighted by Crippen LogP contribution is 2.31. The highest BCUT2D eigenvalue weighted by Gasteiger charge is 2.26. The summed E-state index contributed by atoms with van der Waals surface area (Å²) in [5.41, 5.74) is 2.47. The molecule has 3 aromatic heterocycles. The van der Waals surface area contributed by atoms with Crippen LogP contribution in [0.15, 0.2) is 64.1 Å². The predicted molar refractivity (Wildman–Crippen MR) is 141 cm³/mol. The lowest BCUT2D eigenvalue weighted by molar-refractivity contribution is 0.0257. The minimum atomic E-state index is -0.532. The quantitative estimate of drug-likeness (QED) is 0.350. The van der Waals surface area contributed by atoms with E-state index in [1.54, 1.807) is 40.1 Å². The number of carbonyl (C=O) groups is 1. The molecule has 0 atom stereocenters. The Morgan fingerprint density at radius 2 is 1.92 bits per heavy atom. The van der Waals surface area contributed by atoms with Gasteiger partial charge in [-0.1, -0.05) is 11.6 Å². The van der Waals surface area contributed by atoms with Gasteiger partial charge in [-0.25, -0.2) is 4.79 Å². The van der Waals surface area contributed by atoms with Gasteiger partial charge < -0.3 is 18.8 Å². The first-order chi connectivity index (χ1) is 17.7. The summed E-state index contributed by atoms with van der Waals surface area (Å²) in [5, 5.41) is 1.55. The number of hydrogen-bond acceptors (Lipinski definition) is 6. The van der Waals surface area contributed by atoms with Gasteiger partial charge in [0.25, 0.3) is 5.56 Å². The highest BCUT2D eigenvalue weighted by molar-refractivity contribution is 6.30. The van der Waals surface area contributed by atoms with E-state index in [-0.39, 0.29) is 18.3 Å². The number of fused-ring (bicyclic) bond motifs is 3. The van der Waals surface area contributed by atoms with Crippen LogP contribution < -0.4 is 10.3 Å². The number of rotatable bonds is 4. The van der Waals surface area contributed by atoms with E-state index in [2.05, 4.69) is 4.98 Å². The van der Waals surface area contributed by atoms with Crippen LogP contribution in [0.2, 0.25) is 5.02 Å². The summed E-state index contributed by atoms with van der Waals surface area (Å²) in [5.74, 6) is 1.32. The Hall–Kier alpha value is -3.78. The second kappa shape index (κ2) is 9.94. The van der Waals surface area contributed by atoms with Crippen LogP contribution in [0.3, 0.4) is 0 Å². The molecule has 1 amide bonds. The molecule has 1 aromatic carbocycles. The van der Waals surface area contributed by atoms with Gasteiger partial charge in [0.15, 0.2) is 0 Å². The molecule has 9 heteroatoms. The maximum Gasteiger partial charge on any atom is 0.410 e. The summed E-state index contributed by atoms with van der Waals surface area (Å²) in [4.78, 5) is 31.3. The van der Waals surface area contributed by atoms with E-state index in [1.165, 1.54) is 6.07 Å². The fraction of sp³-hybridized carbons (Fsp3) is 0.321. The SMILES string of the molecule is CC(C)(C)OC(=O)N1CCc2oc3cc(-n4ccc(OCc5ccc(Cl)cn5)cc4=O)ccc3c2CC1. The number of benzene rings is 1. The molecule has 0 N–H and O–H groups in total. The number of nitrogens with zero attached hydrogens (tertiary/aromatic N) is 3. The molecular formula is C28H28ClN3O5. The second-order valence-corrected chi connectivity index (χ2v) is 10.4. The molecule has 8 nitrogen and oxygen atoms in total. The Balaban J connectivity index is 1.31. The number of carbonyl (C=O) groups excluding carboxylic acids is 1. The molecule has 0 radical (unpaired) electrons. The van der Waals surface area contributed by atoms with Crippen molar-refractivity contribution in [1.29, 1.82) is 0 Å². The predicted octanol–water partition coefficient (Wildman–Crippen LogP) is 5.55. The number of amides is 1. The summed E-state index contributed by atoms with van der Waals surface area (Å²) in [6, 6.07) is 12.4. The zero-order chi connectivity index (χ0) is 26.2. The Kier molecular flexibility index (Phi) is 6.69. The zero-order valence-electron chi connectivity index (χ0n) is 21.0. The van der Waals surface area contributed by atoms with Gasteiger partial charge in [-0.05, 0) is 57.5 Å². The van der Waals surface area contributed by atoms with Crippen molar-refractivity contribution >= 4 is 28.7 Å². The van der Waals surface area contributed by atoms with E-state index in [0.717, 1.165) is 16.7 Å². The third-order valence-electron chi connectivity index (χ3n) is 6.10. The van der Waals surface area contributed by atoms with Crippen LogP contribution in [0, 0.1) is 0 Å². The van der Waals surface area contributed by atoms with Crippen molar-refractivity contribution in [2.24, 2.45) is 0 Å². The Labute approximate surface area is 219 Å². The molecule has 0 spiro atoms. The Bertz CT molecular complexity index is 1500. The fourth-order valence-electron chi connectivity index (χ4n) is 4.33. The average Bonchev–Trinajstić information content (AvgIpc) is 3.05. The first-order valence-corrected chi connectivity index (χ1v) is 12.5. The largest absolute Gasteiger partial charge is 0.487 e. The molecule has 0 unspecified atom stereocenters. The summed E-state index contributed by atoms with van der Waals surface area (Å²) >= 11 is 5.86. The van der Waals surface area contributed by atoms with Crippen LogP contribution in [0.25, 0.3) is 16.7 Å². The summed E-state index contributed by atoms with van der Waals surface area (Å²) in [6.07, 6.45) is 4.21. The normalized spacial score (nSPS) is 13.8. The Morgan fingerprint density at radius 1 is 1.11 bits per heavy atom. The molecule has 37 heavy (non-hydrogen) atoms. The molecule has 0 aliphatic carbocycles. The van der Waals surface area contributed by atoms with E-state index in [9.17, 15) is 9.59 Å². The number of pyridine rings is 2. The van der Waals surface area contributed by atoms with Crippen LogP contribution in [-0.2, 0) is 24.2 Å². The molecular weight excluding hydrogens is 494 g/mol. The van der Waals surface area contributed by atoms with Crippen LogP contribution >= 0.6 is 11.6 Å². The van der Waals surface area contributed by atoms with Gasteiger partial charge in [0.2, 0.25) is 0 Å². The maximum atomic E-state index is 12.8. The molecule has 4 aromatic rings. The van der Waals surface area contributed by atoms with Crippen LogP contribution in [0.4, 0.5) is 4.79 Å². The van der Waals surface area contributed by atoms with E-state index < -0.39 is 5.60 Å². The molecule has 192 valence electrons. The lowest BCUT2D eigenvalue weighted by Crippen LogP contribution is -2.38. The lowest BCUT2D eigenvalue weighted by Gasteiger charge is -2.26. The molecule has 0 saturated heterocycles. The molecule has 1 aliphatic rings.